The Morgan fingerprint density at radius 2 is 1.59 bits per heavy atom. The number of piperazine rings is 1. The number of hydrogen-bond donors (Lipinski definition) is 1. The average Bonchev–Trinajstić information content (AvgIpc) is 3.30. The highest BCUT2D eigenvalue weighted by molar-refractivity contribution is 5.92. The Labute approximate surface area is 239 Å². The molecule has 1 N–H and O–H groups in total. The fourth-order valence-corrected chi connectivity index (χ4v) is 5.61. The molecular weight excluding hydrogens is 523 g/mol. The van der Waals surface area contributed by atoms with E-state index < -0.39 is 18.0 Å². The first-order chi connectivity index (χ1) is 19.7. The van der Waals surface area contributed by atoms with Crippen molar-refractivity contribution in [1.82, 2.24) is 25.1 Å². The molecule has 5 rings (SSSR count). The molecule has 0 unspecified atom stereocenters. The maximum atomic E-state index is 15.1. The highest BCUT2D eigenvalue weighted by Gasteiger charge is 2.51. The van der Waals surface area contributed by atoms with Crippen molar-refractivity contribution in [3.05, 3.63) is 101 Å². The molecule has 0 aliphatic carbocycles. The molecule has 0 aromatic heterocycles. The summed E-state index contributed by atoms with van der Waals surface area (Å²) in [5.74, 6) is -0.876. The quantitative estimate of drug-likeness (QED) is 0.460. The summed E-state index contributed by atoms with van der Waals surface area (Å²) in [6, 6.07) is 22.8. The van der Waals surface area contributed by atoms with Gasteiger partial charge in [0.25, 0.3) is 0 Å². The van der Waals surface area contributed by atoms with Gasteiger partial charge in [0.15, 0.2) is 0 Å². The minimum Gasteiger partial charge on any atom is -0.377 e. The predicted molar refractivity (Wildman–Crippen MR) is 154 cm³/mol. The number of rotatable bonds is 8. The molecule has 2 saturated heterocycles. The van der Waals surface area contributed by atoms with Crippen molar-refractivity contribution in [2.45, 2.75) is 31.7 Å². The normalized spacial score (nSPS) is 18.8. The van der Waals surface area contributed by atoms with Gasteiger partial charge in [0.05, 0.1) is 19.6 Å². The van der Waals surface area contributed by atoms with Crippen LogP contribution in [-0.2, 0) is 29.1 Å². The van der Waals surface area contributed by atoms with Crippen molar-refractivity contribution in [2.24, 2.45) is 0 Å². The van der Waals surface area contributed by atoms with Crippen LogP contribution < -0.4 is 10.2 Å². The molecular formula is C31H35FN6O3. The van der Waals surface area contributed by atoms with E-state index in [9.17, 15) is 14.4 Å². The number of halogens is 1. The zero-order valence-corrected chi connectivity index (χ0v) is 23.5. The standard InChI is InChI=1S/C31H35FN6O3/c1-34(2)26-16-10-15-25(32)24(26)19-36-20-28-37(35(3)31(41)33-18-23-13-8-5-9-14-23)21-29(39)38(28)27(30(36)40)17-22-11-6-4-7-12-22/h4-16,27-28H,17-21H2,1-3H3,(H,33,41)/t27-,28+/m0/s1. The summed E-state index contributed by atoms with van der Waals surface area (Å²) in [5, 5.41) is 6.00. The van der Waals surface area contributed by atoms with Crippen molar-refractivity contribution in [3.63, 3.8) is 0 Å². The number of fused-ring (bicyclic) bond motifs is 1. The van der Waals surface area contributed by atoms with Crippen LogP contribution in [0.5, 0.6) is 0 Å². The third-order valence-electron chi connectivity index (χ3n) is 7.73. The van der Waals surface area contributed by atoms with E-state index in [1.807, 2.05) is 85.7 Å². The Morgan fingerprint density at radius 3 is 2.24 bits per heavy atom. The van der Waals surface area contributed by atoms with E-state index in [2.05, 4.69) is 5.32 Å². The molecule has 41 heavy (non-hydrogen) atoms. The van der Waals surface area contributed by atoms with E-state index in [0.717, 1.165) is 11.1 Å². The smallest absolute Gasteiger partial charge is 0.332 e. The van der Waals surface area contributed by atoms with Crippen LogP contribution in [0.1, 0.15) is 16.7 Å². The van der Waals surface area contributed by atoms with Crippen molar-refractivity contribution in [1.29, 1.82) is 0 Å². The number of nitrogens with zero attached hydrogens (tertiary/aromatic N) is 5. The zero-order chi connectivity index (χ0) is 29.1. The van der Waals surface area contributed by atoms with Gasteiger partial charge in [0.2, 0.25) is 11.8 Å². The first kappa shape index (κ1) is 28.1. The summed E-state index contributed by atoms with van der Waals surface area (Å²) in [6.07, 6.45) is -0.274. The second kappa shape index (κ2) is 12.0. The first-order valence-electron chi connectivity index (χ1n) is 13.6. The van der Waals surface area contributed by atoms with Crippen LogP contribution in [0.25, 0.3) is 0 Å². The highest BCUT2D eigenvalue weighted by atomic mass is 19.1. The lowest BCUT2D eigenvalue weighted by Crippen LogP contribution is -2.65. The molecule has 10 heteroatoms. The van der Waals surface area contributed by atoms with Crippen LogP contribution >= 0.6 is 0 Å². The van der Waals surface area contributed by atoms with Gasteiger partial charge in [0, 0.05) is 45.4 Å². The van der Waals surface area contributed by atoms with Crippen molar-refractivity contribution < 1.29 is 18.8 Å². The SMILES string of the molecule is CN(C)c1cccc(F)c1CN1C[C@H]2N(C(=O)CN2N(C)C(=O)NCc2ccccc2)[C@@H](Cc2ccccc2)C1=O. The van der Waals surface area contributed by atoms with Gasteiger partial charge >= 0.3 is 6.03 Å². The molecule has 2 atom stereocenters. The number of benzene rings is 3. The third kappa shape index (κ3) is 5.88. The molecule has 3 aromatic carbocycles. The lowest BCUT2D eigenvalue weighted by Gasteiger charge is -2.46. The Hall–Kier alpha value is -4.44. The number of urea groups is 1. The number of hydrazine groups is 1. The number of carbonyl (C=O) groups excluding carboxylic acids is 3. The Morgan fingerprint density at radius 1 is 0.927 bits per heavy atom. The molecule has 2 aliphatic heterocycles. The molecule has 2 fully saturated rings. The van der Waals surface area contributed by atoms with Gasteiger partial charge in [-0.15, -0.1) is 0 Å². The van der Waals surface area contributed by atoms with Gasteiger partial charge in [0.1, 0.15) is 18.0 Å². The second-order valence-corrected chi connectivity index (χ2v) is 10.6. The second-order valence-electron chi connectivity index (χ2n) is 10.6. The molecule has 2 aliphatic rings. The maximum absolute atomic E-state index is 15.1. The molecule has 0 radical (unpaired) electrons. The number of anilines is 1. The molecule has 0 saturated carbocycles. The fraction of sp³-hybridized carbons (Fsp3) is 0.323. The molecule has 214 valence electrons. The van der Waals surface area contributed by atoms with Crippen molar-refractivity contribution >= 4 is 23.5 Å². The summed E-state index contributed by atoms with van der Waals surface area (Å²) in [5.41, 5.74) is 2.94. The van der Waals surface area contributed by atoms with Crippen LogP contribution in [0, 0.1) is 5.82 Å². The topological polar surface area (TPSA) is 79.4 Å². The Bertz CT molecular complexity index is 1400. The minimum absolute atomic E-state index is 0.0423. The third-order valence-corrected chi connectivity index (χ3v) is 7.73. The van der Waals surface area contributed by atoms with E-state index in [1.54, 1.807) is 27.9 Å². The summed E-state index contributed by atoms with van der Waals surface area (Å²) >= 11 is 0. The van der Waals surface area contributed by atoms with E-state index >= 15 is 4.39 Å². The summed E-state index contributed by atoms with van der Waals surface area (Å²) in [4.78, 5) is 45.6. The molecule has 3 aromatic rings. The lowest BCUT2D eigenvalue weighted by atomic mass is 9.99. The van der Waals surface area contributed by atoms with Crippen LogP contribution in [-0.4, -0.2) is 84.1 Å². The Balaban J connectivity index is 1.43. The predicted octanol–water partition coefficient (Wildman–Crippen LogP) is 3.07. The van der Waals surface area contributed by atoms with E-state index in [-0.39, 0.29) is 37.5 Å². The van der Waals surface area contributed by atoms with Gasteiger partial charge in [-0.3, -0.25) is 14.6 Å². The Kier molecular flexibility index (Phi) is 8.21. The van der Waals surface area contributed by atoms with Gasteiger partial charge in [-0.05, 0) is 23.3 Å². The summed E-state index contributed by atoms with van der Waals surface area (Å²) in [7, 11) is 5.28. The number of carbonyl (C=O) groups is 3. The number of amides is 4. The fourth-order valence-electron chi connectivity index (χ4n) is 5.61. The zero-order valence-electron chi connectivity index (χ0n) is 23.5. The molecule has 0 spiro atoms. The van der Waals surface area contributed by atoms with Crippen LogP contribution in [0.3, 0.4) is 0 Å². The molecule has 2 heterocycles. The highest BCUT2D eigenvalue weighted by Crippen LogP contribution is 2.31. The average molecular weight is 559 g/mol. The minimum atomic E-state index is -0.788. The molecule has 0 bridgehead atoms. The number of hydrogen-bond acceptors (Lipinski definition) is 5. The molecule has 4 amide bonds. The van der Waals surface area contributed by atoms with Crippen LogP contribution in [0.2, 0.25) is 0 Å². The lowest BCUT2D eigenvalue weighted by molar-refractivity contribution is -0.157. The maximum Gasteiger partial charge on any atom is 0.332 e. The molecule has 9 nitrogen and oxygen atoms in total. The number of nitrogens with one attached hydrogen (secondary N) is 1. The van der Waals surface area contributed by atoms with E-state index in [4.69, 9.17) is 0 Å². The largest absolute Gasteiger partial charge is 0.377 e. The van der Waals surface area contributed by atoms with Gasteiger partial charge in [-0.25, -0.2) is 9.18 Å². The van der Waals surface area contributed by atoms with Gasteiger partial charge in [-0.2, -0.15) is 5.01 Å². The van der Waals surface area contributed by atoms with Crippen molar-refractivity contribution in [3.8, 4) is 0 Å². The van der Waals surface area contributed by atoms with Crippen molar-refractivity contribution in [2.75, 3.05) is 39.1 Å². The summed E-state index contributed by atoms with van der Waals surface area (Å²) in [6.45, 7) is 0.463. The van der Waals surface area contributed by atoms with E-state index in [0.29, 0.717) is 24.2 Å². The van der Waals surface area contributed by atoms with Gasteiger partial charge < -0.3 is 20.0 Å². The van der Waals surface area contributed by atoms with Crippen LogP contribution in [0.4, 0.5) is 14.9 Å². The monoisotopic (exact) mass is 558 g/mol. The van der Waals surface area contributed by atoms with Gasteiger partial charge in [-0.1, -0.05) is 66.7 Å². The van der Waals surface area contributed by atoms with E-state index in [1.165, 1.54) is 11.1 Å². The van der Waals surface area contributed by atoms with Crippen LogP contribution in [0.15, 0.2) is 78.9 Å². The summed E-state index contributed by atoms with van der Waals surface area (Å²) < 4.78 is 15.1. The first-order valence-corrected chi connectivity index (χ1v) is 13.6.